The summed E-state index contributed by atoms with van der Waals surface area (Å²) >= 11 is 0. The second-order valence-corrected chi connectivity index (χ2v) is 7.90. The van der Waals surface area contributed by atoms with E-state index in [0.717, 1.165) is 56.2 Å². The highest BCUT2D eigenvalue weighted by molar-refractivity contribution is 6.04. The van der Waals surface area contributed by atoms with Crippen molar-refractivity contribution in [3.05, 3.63) is 53.2 Å². The topological polar surface area (TPSA) is 54.5 Å². The van der Waals surface area contributed by atoms with Crippen LogP contribution in [0.3, 0.4) is 0 Å². The van der Waals surface area contributed by atoms with E-state index in [4.69, 9.17) is 4.74 Å². The Hall–Kier alpha value is -2.40. The molecule has 1 unspecified atom stereocenters. The van der Waals surface area contributed by atoms with Gasteiger partial charge in [0, 0.05) is 31.2 Å². The summed E-state index contributed by atoms with van der Waals surface area (Å²) in [7, 11) is 0. The lowest BCUT2D eigenvalue weighted by Crippen LogP contribution is -2.30. The molecule has 1 aromatic carbocycles. The predicted octanol–water partition coefficient (Wildman–Crippen LogP) is 4.53. The highest BCUT2D eigenvalue weighted by Gasteiger charge is 2.17. The van der Waals surface area contributed by atoms with Gasteiger partial charge in [-0.25, -0.2) is 4.98 Å². The van der Waals surface area contributed by atoms with Crippen molar-refractivity contribution in [3.63, 3.8) is 0 Å². The number of anilines is 2. The zero-order valence-corrected chi connectivity index (χ0v) is 16.6. The van der Waals surface area contributed by atoms with E-state index in [2.05, 4.69) is 34.3 Å². The first kappa shape index (κ1) is 18.9. The van der Waals surface area contributed by atoms with E-state index in [0.29, 0.717) is 11.5 Å². The van der Waals surface area contributed by atoms with Gasteiger partial charge in [-0.2, -0.15) is 0 Å². The molecule has 148 valence electrons. The first-order chi connectivity index (χ1) is 13.7. The Kier molecular flexibility index (Phi) is 5.91. The van der Waals surface area contributed by atoms with Crippen molar-refractivity contribution in [1.29, 1.82) is 0 Å². The molecule has 2 aliphatic heterocycles. The maximum Gasteiger partial charge on any atom is 0.255 e. The fourth-order valence-electron chi connectivity index (χ4n) is 4.19. The number of rotatable bonds is 4. The minimum atomic E-state index is -0.0987. The summed E-state index contributed by atoms with van der Waals surface area (Å²) in [5, 5.41) is 2.98. The average Bonchev–Trinajstić information content (AvgIpc) is 2.75. The summed E-state index contributed by atoms with van der Waals surface area (Å²) in [5.74, 6) is 1.38. The van der Waals surface area contributed by atoms with E-state index >= 15 is 0 Å². The molecule has 2 aliphatic rings. The number of carbonyl (C=O) groups excluding carboxylic acids is 1. The number of amides is 1. The number of aryl methyl sites for hydroxylation is 1. The highest BCUT2D eigenvalue weighted by Crippen LogP contribution is 2.26. The smallest absolute Gasteiger partial charge is 0.255 e. The maximum absolute atomic E-state index is 12.6. The normalized spacial score (nSPS) is 20.0. The molecule has 1 aromatic heterocycles. The molecule has 2 fully saturated rings. The fourth-order valence-corrected chi connectivity index (χ4v) is 4.19. The number of benzene rings is 1. The van der Waals surface area contributed by atoms with Crippen molar-refractivity contribution in [2.75, 3.05) is 36.5 Å². The van der Waals surface area contributed by atoms with Crippen LogP contribution in [0.1, 0.15) is 59.5 Å². The van der Waals surface area contributed by atoms with Gasteiger partial charge in [-0.1, -0.05) is 12.1 Å². The lowest BCUT2D eigenvalue weighted by Gasteiger charge is -2.29. The molecule has 1 atom stereocenters. The zero-order chi connectivity index (χ0) is 19.3. The van der Waals surface area contributed by atoms with Crippen molar-refractivity contribution in [2.24, 2.45) is 0 Å². The van der Waals surface area contributed by atoms with E-state index in [9.17, 15) is 4.79 Å². The van der Waals surface area contributed by atoms with Gasteiger partial charge in [0.1, 0.15) is 5.82 Å². The number of nitrogens with one attached hydrogen (secondary N) is 1. The lowest BCUT2D eigenvalue weighted by atomic mass is 9.93. The number of pyridine rings is 1. The second kappa shape index (κ2) is 8.74. The van der Waals surface area contributed by atoms with Crippen LogP contribution in [-0.4, -0.2) is 37.2 Å². The van der Waals surface area contributed by atoms with E-state index < -0.39 is 0 Å². The first-order valence-electron chi connectivity index (χ1n) is 10.4. The molecule has 3 heterocycles. The summed E-state index contributed by atoms with van der Waals surface area (Å²) in [6.45, 7) is 5.84. The van der Waals surface area contributed by atoms with Gasteiger partial charge in [0.15, 0.2) is 0 Å². The Bertz CT molecular complexity index is 807. The van der Waals surface area contributed by atoms with Crippen LogP contribution in [0.5, 0.6) is 0 Å². The molecular weight excluding hydrogens is 350 g/mol. The number of piperidine rings is 1. The third kappa shape index (κ3) is 4.36. The van der Waals surface area contributed by atoms with Gasteiger partial charge in [0.2, 0.25) is 0 Å². The molecule has 2 saturated heterocycles. The van der Waals surface area contributed by atoms with Crippen molar-refractivity contribution in [2.45, 2.75) is 44.9 Å². The number of carbonyl (C=O) groups is 1. The van der Waals surface area contributed by atoms with Gasteiger partial charge in [0.05, 0.1) is 18.5 Å². The molecule has 2 aromatic rings. The number of hydrogen-bond acceptors (Lipinski definition) is 4. The molecule has 1 N–H and O–H groups in total. The number of nitrogens with zero attached hydrogens (tertiary/aromatic N) is 2. The number of aromatic nitrogens is 1. The highest BCUT2D eigenvalue weighted by atomic mass is 16.5. The molecule has 0 radical (unpaired) electrons. The molecule has 5 nitrogen and oxygen atoms in total. The van der Waals surface area contributed by atoms with Crippen molar-refractivity contribution in [3.8, 4) is 0 Å². The van der Waals surface area contributed by atoms with Crippen molar-refractivity contribution < 1.29 is 9.53 Å². The van der Waals surface area contributed by atoms with Crippen LogP contribution in [0.25, 0.3) is 0 Å². The van der Waals surface area contributed by atoms with E-state index in [1.54, 1.807) is 6.20 Å². The van der Waals surface area contributed by atoms with Gasteiger partial charge >= 0.3 is 0 Å². The van der Waals surface area contributed by atoms with Crippen LogP contribution in [-0.2, 0) is 4.74 Å². The predicted molar refractivity (Wildman–Crippen MR) is 112 cm³/mol. The second-order valence-electron chi connectivity index (χ2n) is 7.90. The quantitative estimate of drug-likeness (QED) is 0.848. The van der Waals surface area contributed by atoms with Gasteiger partial charge in [-0.15, -0.1) is 0 Å². The molecular formula is C23H29N3O2. The van der Waals surface area contributed by atoms with Crippen LogP contribution in [0.4, 0.5) is 11.5 Å². The number of ether oxygens (including phenoxy) is 1. The monoisotopic (exact) mass is 379 g/mol. The van der Waals surface area contributed by atoms with E-state index in [-0.39, 0.29) is 5.91 Å². The third-order valence-electron chi connectivity index (χ3n) is 5.77. The maximum atomic E-state index is 12.6. The minimum absolute atomic E-state index is 0.0987. The summed E-state index contributed by atoms with van der Waals surface area (Å²) in [6.07, 6.45) is 7.77. The molecule has 1 amide bonds. The third-order valence-corrected chi connectivity index (χ3v) is 5.77. The molecule has 0 aliphatic carbocycles. The summed E-state index contributed by atoms with van der Waals surface area (Å²) in [5.41, 5.74) is 3.76. The van der Waals surface area contributed by atoms with Crippen LogP contribution in [0, 0.1) is 6.92 Å². The minimum Gasteiger partial charge on any atom is -0.381 e. The summed E-state index contributed by atoms with van der Waals surface area (Å²) in [6, 6.07) is 9.93. The number of hydrogen-bond donors (Lipinski definition) is 1. The Morgan fingerprint density at radius 3 is 2.61 bits per heavy atom. The summed E-state index contributed by atoms with van der Waals surface area (Å²) < 4.78 is 5.57. The van der Waals surface area contributed by atoms with Crippen LogP contribution in [0.15, 0.2) is 36.5 Å². The molecule has 5 heteroatoms. The van der Waals surface area contributed by atoms with Gasteiger partial charge in [-0.3, -0.25) is 4.79 Å². The summed E-state index contributed by atoms with van der Waals surface area (Å²) in [4.78, 5) is 19.6. The van der Waals surface area contributed by atoms with Crippen LogP contribution >= 0.6 is 0 Å². The molecule has 0 bridgehead atoms. The molecule has 4 rings (SSSR count). The molecule has 28 heavy (non-hydrogen) atoms. The fraction of sp³-hybridized carbons (Fsp3) is 0.478. The molecule has 0 saturated carbocycles. The first-order valence-corrected chi connectivity index (χ1v) is 10.4. The lowest BCUT2D eigenvalue weighted by molar-refractivity contribution is 0.0804. The van der Waals surface area contributed by atoms with E-state index in [1.807, 2.05) is 18.2 Å². The van der Waals surface area contributed by atoms with Gasteiger partial charge < -0.3 is 15.0 Å². The Labute approximate surface area is 167 Å². The average molecular weight is 380 g/mol. The van der Waals surface area contributed by atoms with Crippen LogP contribution in [0.2, 0.25) is 0 Å². The van der Waals surface area contributed by atoms with E-state index in [1.165, 1.54) is 24.8 Å². The SMILES string of the molecule is Cc1cc(NC(=O)c2ccc(C3CCCOC3)cc2)cnc1N1CCCCC1. The van der Waals surface area contributed by atoms with Crippen LogP contribution < -0.4 is 10.2 Å². The zero-order valence-electron chi connectivity index (χ0n) is 16.6. The largest absolute Gasteiger partial charge is 0.381 e. The van der Waals surface area contributed by atoms with Crippen molar-refractivity contribution >= 4 is 17.4 Å². The Morgan fingerprint density at radius 1 is 1.14 bits per heavy atom. The standard InChI is InChI=1S/C23H29N3O2/c1-17-14-21(15-24-22(17)26-11-3-2-4-12-26)25-23(27)19-9-7-18(8-10-19)20-6-5-13-28-16-20/h7-10,14-15,20H,2-6,11-13,16H2,1H3,(H,25,27). The Morgan fingerprint density at radius 2 is 1.93 bits per heavy atom. The van der Waals surface area contributed by atoms with Crippen molar-refractivity contribution in [1.82, 2.24) is 4.98 Å². The molecule has 0 spiro atoms. The van der Waals surface area contributed by atoms with Gasteiger partial charge in [-0.05, 0) is 68.4 Å². The Balaban J connectivity index is 1.40. The van der Waals surface area contributed by atoms with Gasteiger partial charge in [0.25, 0.3) is 5.91 Å².